The van der Waals surface area contributed by atoms with Crippen LogP contribution >= 0.6 is 0 Å². The van der Waals surface area contributed by atoms with Crippen LogP contribution in [0, 0.1) is 5.92 Å². The van der Waals surface area contributed by atoms with Gasteiger partial charge in [0, 0.05) is 0 Å². The monoisotopic (exact) mass is 238 g/mol. The van der Waals surface area contributed by atoms with E-state index in [4.69, 9.17) is 14.6 Å². The smallest absolute Gasteiger partial charge is 0.339 e. The number of carboxylic acids is 1. The summed E-state index contributed by atoms with van der Waals surface area (Å²) in [6.45, 7) is 4.65. The van der Waals surface area contributed by atoms with E-state index in [9.17, 15) is 4.79 Å². The summed E-state index contributed by atoms with van der Waals surface area (Å²) in [6, 6.07) is 4.79. The van der Waals surface area contributed by atoms with E-state index in [0.717, 1.165) is 6.42 Å². The van der Waals surface area contributed by atoms with Gasteiger partial charge in [0.2, 0.25) is 0 Å². The van der Waals surface area contributed by atoms with Crippen molar-refractivity contribution in [2.24, 2.45) is 5.92 Å². The van der Waals surface area contributed by atoms with Gasteiger partial charge in [-0.05, 0) is 24.1 Å². The fourth-order valence-electron chi connectivity index (χ4n) is 1.28. The Hall–Kier alpha value is -1.71. The van der Waals surface area contributed by atoms with E-state index < -0.39 is 5.97 Å². The van der Waals surface area contributed by atoms with Gasteiger partial charge in [-0.25, -0.2) is 4.79 Å². The Kier molecular flexibility index (Phi) is 4.82. The number of carbonyl (C=O) groups is 1. The highest BCUT2D eigenvalue weighted by Gasteiger charge is 2.13. The molecule has 0 radical (unpaired) electrons. The van der Waals surface area contributed by atoms with Crippen LogP contribution in [0.15, 0.2) is 18.2 Å². The maximum absolute atomic E-state index is 11.1. The van der Waals surface area contributed by atoms with Gasteiger partial charge in [-0.15, -0.1) is 0 Å². The fourth-order valence-corrected chi connectivity index (χ4v) is 1.28. The minimum absolute atomic E-state index is 0.132. The zero-order valence-corrected chi connectivity index (χ0v) is 10.4. The highest BCUT2D eigenvalue weighted by atomic mass is 16.5. The lowest BCUT2D eigenvalue weighted by atomic mass is 10.1. The number of ether oxygens (including phenoxy) is 2. The number of aromatic carboxylic acids is 1. The van der Waals surface area contributed by atoms with E-state index in [1.807, 2.05) is 0 Å². The number of carboxylic acid groups (broad SMARTS) is 1. The van der Waals surface area contributed by atoms with E-state index in [1.54, 1.807) is 12.1 Å². The van der Waals surface area contributed by atoms with Crippen molar-refractivity contribution in [2.75, 3.05) is 13.7 Å². The number of methoxy groups -OCH3 is 1. The van der Waals surface area contributed by atoms with Gasteiger partial charge < -0.3 is 14.6 Å². The van der Waals surface area contributed by atoms with E-state index >= 15 is 0 Å². The Morgan fingerprint density at radius 2 is 2.18 bits per heavy atom. The summed E-state index contributed by atoms with van der Waals surface area (Å²) in [5.41, 5.74) is 0.132. The molecule has 1 aromatic carbocycles. The zero-order chi connectivity index (χ0) is 12.8. The second kappa shape index (κ2) is 6.13. The first-order valence-corrected chi connectivity index (χ1v) is 5.62. The molecule has 1 N–H and O–H groups in total. The van der Waals surface area contributed by atoms with Gasteiger partial charge in [0.1, 0.15) is 17.1 Å². The Morgan fingerprint density at radius 3 is 2.71 bits per heavy atom. The maximum Gasteiger partial charge on any atom is 0.339 e. The van der Waals surface area contributed by atoms with Crippen LogP contribution in [0.1, 0.15) is 30.6 Å². The molecule has 4 heteroatoms. The first-order chi connectivity index (χ1) is 8.08. The third-order valence-corrected chi connectivity index (χ3v) is 2.64. The summed E-state index contributed by atoms with van der Waals surface area (Å²) in [4.78, 5) is 11.1. The van der Waals surface area contributed by atoms with Gasteiger partial charge >= 0.3 is 5.97 Å². The molecule has 0 heterocycles. The molecule has 0 aliphatic carbocycles. The standard InChI is InChI=1S/C13H18O4/c1-4-9(2)8-17-12-6-5-10(16-3)7-11(12)13(14)15/h5-7,9H,4,8H2,1-3H3,(H,14,15). The van der Waals surface area contributed by atoms with Crippen molar-refractivity contribution in [3.8, 4) is 11.5 Å². The summed E-state index contributed by atoms with van der Waals surface area (Å²) in [5, 5.41) is 9.07. The van der Waals surface area contributed by atoms with Crippen molar-refractivity contribution in [1.29, 1.82) is 0 Å². The van der Waals surface area contributed by atoms with Gasteiger partial charge in [-0.3, -0.25) is 0 Å². The molecule has 94 valence electrons. The lowest BCUT2D eigenvalue weighted by Gasteiger charge is -2.13. The molecule has 1 rings (SSSR count). The summed E-state index contributed by atoms with van der Waals surface area (Å²) in [6.07, 6.45) is 0.999. The zero-order valence-electron chi connectivity index (χ0n) is 10.4. The molecule has 0 aliphatic rings. The van der Waals surface area contributed by atoms with Crippen LogP contribution in [-0.2, 0) is 0 Å². The Morgan fingerprint density at radius 1 is 1.47 bits per heavy atom. The molecule has 1 unspecified atom stereocenters. The first kappa shape index (κ1) is 13.4. The second-order valence-electron chi connectivity index (χ2n) is 3.99. The van der Waals surface area contributed by atoms with Gasteiger partial charge in [-0.2, -0.15) is 0 Å². The average Bonchev–Trinajstić information content (AvgIpc) is 2.35. The Bertz CT molecular complexity index is 387. The van der Waals surface area contributed by atoms with Crippen LogP contribution in [0.5, 0.6) is 11.5 Å². The largest absolute Gasteiger partial charge is 0.497 e. The predicted molar refractivity (Wildman–Crippen MR) is 64.9 cm³/mol. The van der Waals surface area contributed by atoms with Crippen molar-refractivity contribution < 1.29 is 19.4 Å². The summed E-state index contributed by atoms with van der Waals surface area (Å²) < 4.78 is 10.5. The van der Waals surface area contributed by atoms with Gasteiger partial charge in [0.05, 0.1) is 13.7 Å². The molecule has 0 saturated heterocycles. The van der Waals surface area contributed by atoms with E-state index in [-0.39, 0.29) is 5.56 Å². The van der Waals surface area contributed by atoms with Crippen molar-refractivity contribution >= 4 is 5.97 Å². The summed E-state index contributed by atoms with van der Waals surface area (Å²) in [5.74, 6) is 0.290. The SMILES string of the molecule is CCC(C)COc1ccc(OC)cc1C(=O)O. The van der Waals surface area contributed by atoms with Crippen LogP contribution in [0.4, 0.5) is 0 Å². The molecule has 1 atom stereocenters. The lowest BCUT2D eigenvalue weighted by Crippen LogP contribution is -2.10. The number of rotatable bonds is 6. The van der Waals surface area contributed by atoms with Crippen molar-refractivity contribution in [1.82, 2.24) is 0 Å². The molecule has 0 spiro atoms. The fraction of sp³-hybridized carbons (Fsp3) is 0.462. The second-order valence-corrected chi connectivity index (χ2v) is 3.99. The summed E-state index contributed by atoms with van der Waals surface area (Å²) in [7, 11) is 1.50. The highest BCUT2D eigenvalue weighted by molar-refractivity contribution is 5.91. The molecule has 4 nitrogen and oxygen atoms in total. The quantitative estimate of drug-likeness (QED) is 0.828. The minimum atomic E-state index is -1.01. The van der Waals surface area contributed by atoms with Crippen molar-refractivity contribution in [3.05, 3.63) is 23.8 Å². The minimum Gasteiger partial charge on any atom is -0.497 e. The average molecular weight is 238 g/mol. The van der Waals surface area contributed by atoms with Gasteiger partial charge in [0.25, 0.3) is 0 Å². The molecular weight excluding hydrogens is 220 g/mol. The van der Waals surface area contributed by atoms with Gasteiger partial charge in [-0.1, -0.05) is 20.3 Å². The summed E-state index contributed by atoms with van der Waals surface area (Å²) >= 11 is 0. The first-order valence-electron chi connectivity index (χ1n) is 5.62. The van der Waals surface area contributed by atoms with Crippen LogP contribution in [0.3, 0.4) is 0 Å². The molecule has 1 aromatic rings. The van der Waals surface area contributed by atoms with Gasteiger partial charge in [0.15, 0.2) is 0 Å². The van der Waals surface area contributed by atoms with E-state index in [1.165, 1.54) is 13.2 Å². The van der Waals surface area contributed by atoms with Crippen LogP contribution < -0.4 is 9.47 Å². The van der Waals surface area contributed by atoms with Crippen molar-refractivity contribution in [3.63, 3.8) is 0 Å². The number of benzene rings is 1. The molecule has 0 aromatic heterocycles. The molecule has 0 aliphatic heterocycles. The molecule has 0 bridgehead atoms. The molecular formula is C13H18O4. The molecule has 0 fully saturated rings. The Labute approximate surface area is 101 Å². The van der Waals surface area contributed by atoms with Crippen LogP contribution in [0.25, 0.3) is 0 Å². The maximum atomic E-state index is 11.1. The number of hydrogen-bond acceptors (Lipinski definition) is 3. The van der Waals surface area contributed by atoms with Crippen LogP contribution in [-0.4, -0.2) is 24.8 Å². The van der Waals surface area contributed by atoms with Crippen LogP contribution in [0.2, 0.25) is 0 Å². The van der Waals surface area contributed by atoms with Crippen molar-refractivity contribution in [2.45, 2.75) is 20.3 Å². The molecule has 0 amide bonds. The molecule has 0 saturated carbocycles. The predicted octanol–water partition coefficient (Wildman–Crippen LogP) is 2.82. The molecule has 17 heavy (non-hydrogen) atoms. The van der Waals surface area contributed by atoms with E-state index in [2.05, 4.69) is 13.8 Å². The topological polar surface area (TPSA) is 55.8 Å². The normalized spacial score (nSPS) is 11.9. The number of hydrogen-bond donors (Lipinski definition) is 1. The highest BCUT2D eigenvalue weighted by Crippen LogP contribution is 2.24. The third-order valence-electron chi connectivity index (χ3n) is 2.64. The third kappa shape index (κ3) is 3.66. The van der Waals surface area contributed by atoms with E-state index in [0.29, 0.717) is 24.0 Å². The Balaban J connectivity index is 2.87. The lowest BCUT2D eigenvalue weighted by molar-refractivity contribution is 0.0691.